The number of hydrogen-bond acceptors (Lipinski definition) is 4. The lowest BCUT2D eigenvalue weighted by Gasteiger charge is -2.17. The number of alkyl halides is 3. The molecule has 1 aromatic heterocycles. The second-order valence-electron chi connectivity index (χ2n) is 6.51. The predicted octanol–water partition coefficient (Wildman–Crippen LogP) is 3.23. The third-order valence-corrected chi connectivity index (χ3v) is 4.27. The highest BCUT2D eigenvalue weighted by Gasteiger charge is 2.30. The van der Waals surface area contributed by atoms with E-state index in [1.165, 1.54) is 25.1 Å². The summed E-state index contributed by atoms with van der Waals surface area (Å²) in [5, 5.41) is 6.69. The lowest BCUT2D eigenvalue weighted by Crippen LogP contribution is -2.42. The van der Waals surface area contributed by atoms with Crippen molar-refractivity contribution < 1.29 is 18.0 Å². The third kappa shape index (κ3) is 6.30. The van der Waals surface area contributed by atoms with Gasteiger partial charge in [0, 0.05) is 24.3 Å². The summed E-state index contributed by atoms with van der Waals surface area (Å²) in [5.74, 6) is -0.697. The van der Waals surface area contributed by atoms with E-state index in [0.29, 0.717) is 12.1 Å². The van der Waals surface area contributed by atoms with Crippen molar-refractivity contribution in [2.24, 2.45) is 5.73 Å². The van der Waals surface area contributed by atoms with Gasteiger partial charge in [-0.2, -0.15) is 18.3 Å². The van der Waals surface area contributed by atoms with Crippen LogP contribution in [-0.2, 0) is 6.18 Å². The molecule has 10 heteroatoms. The van der Waals surface area contributed by atoms with E-state index in [2.05, 4.69) is 10.4 Å². The average Bonchev–Trinajstić information content (AvgIpc) is 2.64. The van der Waals surface area contributed by atoms with Gasteiger partial charge in [0.1, 0.15) is 0 Å². The minimum Gasteiger partial charge on any atom is -0.347 e. The van der Waals surface area contributed by atoms with E-state index in [-0.39, 0.29) is 30.7 Å². The van der Waals surface area contributed by atoms with Gasteiger partial charge in [-0.15, -0.1) is 12.4 Å². The van der Waals surface area contributed by atoms with Gasteiger partial charge in [0.2, 0.25) is 5.43 Å². The Hall–Kier alpha value is -2.39. The molecule has 1 unspecified atom stereocenters. The summed E-state index contributed by atoms with van der Waals surface area (Å²) in [5.41, 5.74) is 4.22. The molecule has 160 valence electrons. The van der Waals surface area contributed by atoms with Gasteiger partial charge in [0.15, 0.2) is 5.69 Å². The molecule has 0 aliphatic carbocycles. The highest BCUT2D eigenvalue weighted by atomic mass is 35.5. The first-order chi connectivity index (χ1) is 13.2. The Morgan fingerprint density at radius 2 is 2.00 bits per heavy atom. The zero-order valence-corrected chi connectivity index (χ0v) is 16.9. The molecule has 0 spiro atoms. The highest BCUT2D eigenvalue weighted by molar-refractivity contribution is 5.92. The number of aryl methyl sites for hydroxylation is 1. The fraction of sp³-hybridized carbons (Fsp3) is 0.421. The van der Waals surface area contributed by atoms with Crippen molar-refractivity contribution in [2.45, 2.75) is 45.3 Å². The van der Waals surface area contributed by atoms with E-state index in [1.54, 1.807) is 0 Å². The fourth-order valence-electron chi connectivity index (χ4n) is 2.73. The van der Waals surface area contributed by atoms with Gasteiger partial charge < -0.3 is 11.1 Å². The Labute approximate surface area is 172 Å². The van der Waals surface area contributed by atoms with Crippen molar-refractivity contribution in [1.29, 1.82) is 0 Å². The normalized spacial score (nSPS) is 12.2. The molecule has 1 heterocycles. The number of nitrogens with two attached hydrogens (primary N) is 1. The summed E-state index contributed by atoms with van der Waals surface area (Å²) in [7, 11) is 0. The summed E-state index contributed by atoms with van der Waals surface area (Å²) in [6, 6.07) is 5.38. The van der Waals surface area contributed by atoms with Gasteiger partial charge in [-0.3, -0.25) is 9.59 Å². The number of hydrogen-bond donors (Lipinski definition) is 2. The maximum absolute atomic E-state index is 13.0. The molecule has 1 atom stereocenters. The molecule has 0 radical (unpaired) electrons. The largest absolute Gasteiger partial charge is 0.416 e. The second kappa shape index (κ2) is 10.4. The monoisotopic (exact) mass is 432 g/mol. The minimum absolute atomic E-state index is 0. The summed E-state index contributed by atoms with van der Waals surface area (Å²) >= 11 is 0. The molecule has 0 bridgehead atoms. The number of nitrogens with zero attached hydrogens (tertiary/aromatic N) is 2. The van der Waals surface area contributed by atoms with Gasteiger partial charge in [0.05, 0.1) is 11.3 Å². The number of aromatic nitrogens is 2. The first-order valence-corrected chi connectivity index (χ1v) is 8.97. The first kappa shape index (κ1) is 24.6. The maximum Gasteiger partial charge on any atom is 0.416 e. The molecule has 0 saturated heterocycles. The van der Waals surface area contributed by atoms with Gasteiger partial charge in [0.25, 0.3) is 5.91 Å². The van der Waals surface area contributed by atoms with Crippen LogP contribution in [0.2, 0.25) is 0 Å². The molecule has 29 heavy (non-hydrogen) atoms. The number of rotatable bonds is 7. The molecule has 0 aliphatic rings. The van der Waals surface area contributed by atoms with E-state index >= 15 is 0 Å². The summed E-state index contributed by atoms with van der Waals surface area (Å²) in [6.07, 6.45) is -2.07. The van der Waals surface area contributed by atoms with Gasteiger partial charge in [-0.1, -0.05) is 25.8 Å². The zero-order chi connectivity index (χ0) is 20.9. The van der Waals surface area contributed by atoms with Crippen molar-refractivity contribution in [1.82, 2.24) is 15.1 Å². The van der Waals surface area contributed by atoms with E-state index in [1.807, 2.05) is 6.92 Å². The Morgan fingerprint density at radius 1 is 1.31 bits per heavy atom. The number of carbonyl (C=O) groups excluding carboxylic acids is 1. The maximum atomic E-state index is 13.0. The summed E-state index contributed by atoms with van der Waals surface area (Å²) in [6.45, 7) is 3.74. The molecule has 3 N–H and O–H groups in total. The average molecular weight is 433 g/mol. The predicted molar refractivity (Wildman–Crippen MR) is 107 cm³/mol. The standard InChI is InChI=1S/C19H23F3N4O2.ClH/c1-3-4-7-14(11-23)24-18(28)17-16(27)9-12(2)26(25-17)15-8-5-6-13(10-15)19(20,21)22;/h5-6,8-10,14H,3-4,7,11,23H2,1-2H3,(H,24,28);1H. The molecule has 1 aromatic carbocycles. The van der Waals surface area contributed by atoms with Crippen molar-refractivity contribution in [3.63, 3.8) is 0 Å². The first-order valence-electron chi connectivity index (χ1n) is 8.97. The molecule has 2 aromatic rings. The molecule has 2 rings (SSSR count). The van der Waals surface area contributed by atoms with Crippen molar-refractivity contribution in [3.05, 3.63) is 57.5 Å². The fourth-order valence-corrected chi connectivity index (χ4v) is 2.73. The lowest BCUT2D eigenvalue weighted by atomic mass is 10.1. The number of unbranched alkanes of at least 4 members (excludes halogenated alkanes) is 1. The van der Waals surface area contributed by atoms with Crippen LogP contribution >= 0.6 is 12.4 Å². The molecule has 0 fully saturated rings. The molecule has 0 saturated carbocycles. The molecular formula is C19H24ClF3N4O2. The van der Waals surface area contributed by atoms with Crippen LogP contribution in [-0.4, -0.2) is 28.3 Å². The van der Waals surface area contributed by atoms with Gasteiger partial charge in [-0.05, 0) is 31.5 Å². The SMILES string of the molecule is CCCCC(CN)NC(=O)c1nn(-c2cccc(C(F)(F)F)c2)c(C)cc1=O.Cl. The van der Waals surface area contributed by atoms with Crippen LogP contribution in [0.5, 0.6) is 0 Å². The van der Waals surface area contributed by atoms with Gasteiger partial charge >= 0.3 is 6.18 Å². The van der Waals surface area contributed by atoms with Crippen LogP contribution in [0.1, 0.15) is 47.9 Å². The molecular weight excluding hydrogens is 409 g/mol. The number of amides is 1. The second-order valence-corrected chi connectivity index (χ2v) is 6.51. The van der Waals surface area contributed by atoms with Crippen molar-refractivity contribution in [2.75, 3.05) is 6.54 Å². The summed E-state index contributed by atoms with van der Waals surface area (Å²) in [4.78, 5) is 24.7. The van der Waals surface area contributed by atoms with Crippen LogP contribution in [0.3, 0.4) is 0 Å². The topological polar surface area (TPSA) is 90.0 Å². The quantitative estimate of drug-likeness (QED) is 0.702. The lowest BCUT2D eigenvalue weighted by molar-refractivity contribution is -0.137. The van der Waals surface area contributed by atoms with Crippen LogP contribution < -0.4 is 16.5 Å². The van der Waals surface area contributed by atoms with E-state index in [9.17, 15) is 22.8 Å². The van der Waals surface area contributed by atoms with Crippen LogP contribution in [0.25, 0.3) is 5.69 Å². The van der Waals surface area contributed by atoms with Crippen LogP contribution in [0.4, 0.5) is 13.2 Å². The number of carbonyl (C=O) groups is 1. The highest BCUT2D eigenvalue weighted by Crippen LogP contribution is 2.30. The number of benzene rings is 1. The van der Waals surface area contributed by atoms with Gasteiger partial charge in [-0.25, -0.2) is 4.68 Å². The Balaban J connectivity index is 0.00000420. The third-order valence-electron chi connectivity index (χ3n) is 4.27. The molecule has 6 nitrogen and oxygen atoms in total. The van der Waals surface area contributed by atoms with E-state index in [0.717, 1.165) is 29.7 Å². The van der Waals surface area contributed by atoms with E-state index < -0.39 is 28.8 Å². The van der Waals surface area contributed by atoms with Crippen LogP contribution in [0, 0.1) is 6.92 Å². The summed E-state index contributed by atoms with van der Waals surface area (Å²) < 4.78 is 40.1. The number of nitrogens with one attached hydrogen (secondary N) is 1. The Kier molecular flexibility index (Phi) is 8.84. The van der Waals surface area contributed by atoms with E-state index in [4.69, 9.17) is 5.73 Å². The molecule has 0 aliphatic heterocycles. The number of halogens is 4. The Bertz CT molecular complexity index is 900. The zero-order valence-electron chi connectivity index (χ0n) is 16.1. The Morgan fingerprint density at radius 3 is 2.59 bits per heavy atom. The van der Waals surface area contributed by atoms with Crippen molar-refractivity contribution >= 4 is 18.3 Å². The van der Waals surface area contributed by atoms with Crippen LogP contribution in [0.15, 0.2) is 35.1 Å². The van der Waals surface area contributed by atoms with Crippen molar-refractivity contribution in [3.8, 4) is 5.69 Å². The molecule has 1 amide bonds. The minimum atomic E-state index is -4.52. The smallest absolute Gasteiger partial charge is 0.347 e.